The summed E-state index contributed by atoms with van der Waals surface area (Å²) in [6, 6.07) is 7.55. The van der Waals surface area contributed by atoms with Gasteiger partial charge in [0.25, 0.3) is 0 Å². The molecule has 0 spiro atoms. The summed E-state index contributed by atoms with van der Waals surface area (Å²) in [4.78, 5) is 0. The first-order valence-electron chi connectivity index (χ1n) is 6.25. The predicted molar refractivity (Wildman–Crippen MR) is 74.9 cm³/mol. The maximum absolute atomic E-state index is 10.1. The van der Waals surface area contributed by atoms with Gasteiger partial charge < -0.3 is 15.2 Å². The van der Waals surface area contributed by atoms with Crippen LogP contribution in [0, 0.1) is 11.3 Å². The Morgan fingerprint density at radius 2 is 1.95 bits per heavy atom. The lowest BCUT2D eigenvalue weighted by atomic mass is 9.86. The van der Waals surface area contributed by atoms with E-state index in [1.807, 2.05) is 26.0 Å². The van der Waals surface area contributed by atoms with Gasteiger partial charge >= 0.3 is 0 Å². The molecule has 0 aliphatic carbocycles. The topological polar surface area (TPSA) is 65.3 Å². The average molecular weight is 262 g/mol. The molecule has 0 radical (unpaired) electrons. The third kappa shape index (κ3) is 3.69. The van der Waals surface area contributed by atoms with Gasteiger partial charge in [0, 0.05) is 12.1 Å². The van der Waals surface area contributed by atoms with Gasteiger partial charge in [-0.1, -0.05) is 6.07 Å². The predicted octanol–water partition coefficient (Wildman–Crippen LogP) is 2.21. The fraction of sp³-hybridized carbons (Fsp3) is 0.533. The van der Waals surface area contributed by atoms with Crippen molar-refractivity contribution in [1.29, 1.82) is 5.26 Å². The molecular formula is C15H22N2O2. The Bertz CT molecular complexity index is 482. The number of hydrogen-bond acceptors (Lipinski definition) is 4. The summed E-state index contributed by atoms with van der Waals surface area (Å²) in [6.07, 6.45) is 0. The Labute approximate surface area is 115 Å². The maximum atomic E-state index is 10.1. The van der Waals surface area contributed by atoms with Crippen LogP contribution < -0.4 is 10.1 Å². The fourth-order valence-electron chi connectivity index (χ4n) is 1.48. The van der Waals surface area contributed by atoms with Crippen LogP contribution in [0.15, 0.2) is 18.2 Å². The number of benzene rings is 1. The molecule has 0 heterocycles. The second kappa shape index (κ2) is 5.60. The number of methoxy groups -OCH3 is 1. The number of rotatable bonds is 5. The summed E-state index contributed by atoms with van der Waals surface area (Å²) in [6.45, 7) is 8.06. The van der Waals surface area contributed by atoms with E-state index >= 15 is 0 Å². The maximum Gasteiger partial charge on any atom is 0.136 e. The van der Waals surface area contributed by atoms with Crippen molar-refractivity contribution in [2.75, 3.05) is 7.11 Å². The molecule has 1 aromatic carbocycles. The van der Waals surface area contributed by atoms with Crippen molar-refractivity contribution in [3.63, 3.8) is 0 Å². The number of nitrogens with zero attached hydrogens (tertiary/aromatic N) is 1. The van der Waals surface area contributed by atoms with E-state index in [9.17, 15) is 5.11 Å². The van der Waals surface area contributed by atoms with Crippen LogP contribution in [0.4, 0.5) is 0 Å². The fourth-order valence-corrected chi connectivity index (χ4v) is 1.48. The van der Waals surface area contributed by atoms with Crippen LogP contribution in [-0.2, 0) is 6.54 Å². The average Bonchev–Trinajstić information content (AvgIpc) is 2.34. The van der Waals surface area contributed by atoms with Crippen LogP contribution in [-0.4, -0.2) is 23.4 Å². The minimum Gasteiger partial charge on any atom is -0.495 e. The van der Waals surface area contributed by atoms with Gasteiger partial charge in [-0.3, -0.25) is 0 Å². The lowest BCUT2D eigenvalue weighted by molar-refractivity contribution is -0.00532. The summed E-state index contributed by atoms with van der Waals surface area (Å²) in [5.74, 6) is 0.572. The van der Waals surface area contributed by atoms with Crippen molar-refractivity contribution in [2.24, 2.45) is 0 Å². The lowest BCUT2D eigenvalue weighted by Gasteiger charge is -2.38. The number of hydrogen-bond donors (Lipinski definition) is 2. The first-order valence-corrected chi connectivity index (χ1v) is 6.25. The highest BCUT2D eigenvalue weighted by atomic mass is 16.5. The third-order valence-electron chi connectivity index (χ3n) is 3.65. The van der Waals surface area contributed by atoms with Gasteiger partial charge in [0.2, 0.25) is 0 Å². The standard InChI is InChI=1S/C15H22N2O2/c1-14(2,15(3,4)18)17-10-11-6-7-12(9-16)13(8-11)19-5/h6-8,17-18H,10H2,1-5H3. The Morgan fingerprint density at radius 3 is 2.42 bits per heavy atom. The highest BCUT2D eigenvalue weighted by molar-refractivity contribution is 5.45. The molecule has 0 atom stereocenters. The van der Waals surface area contributed by atoms with E-state index in [1.54, 1.807) is 27.0 Å². The minimum absolute atomic E-state index is 0.422. The highest BCUT2D eigenvalue weighted by Crippen LogP contribution is 2.23. The molecule has 104 valence electrons. The van der Waals surface area contributed by atoms with Crippen molar-refractivity contribution in [2.45, 2.75) is 45.4 Å². The smallest absolute Gasteiger partial charge is 0.136 e. The van der Waals surface area contributed by atoms with E-state index in [2.05, 4.69) is 11.4 Å². The van der Waals surface area contributed by atoms with Crippen LogP contribution in [0.3, 0.4) is 0 Å². The number of ether oxygens (including phenoxy) is 1. The van der Waals surface area contributed by atoms with E-state index in [0.29, 0.717) is 17.9 Å². The molecule has 0 bridgehead atoms. The lowest BCUT2D eigenvalue weighted by Crippen LogP contribution is -2.55. The van der Waals surface area contributed by atoms with Crippen molar-refractivity contribution >= 4 is 0 Å². The Kier molecular flexibility index (Phi) is 4.56. The monoisotopic (exact) mass is 262 g/mol. The number of nitrogens with one attached hydrogen (secondary N) is 1. The van der Waals surface area contributed by atoms with Crippen LogP contribution in [0.5, 0.6) is 5.75 Å². The van der Waals surface area contributed by atoms with Gasteiger partial charge in [0.1, 0.15) is 11.8 Å². The quantitative estimate of drug-likeness (QED) is 0.854. The van der Waals surface area contributed by atoms with Gasteiger partial charge in [0.15, 0.2) is 0 Å². The second-order valence-electron chi connectivity index (χ2n) is 5.68. The van der Waals surface area contributed by atoms with Crippen molar-refractivity contribution < 1.29 is 9.84 Å². The van der Waals surface area contributed by atoms with E-state index in [4.69, 9.17) is 10.00 Å². The summed E-state index contributed by atoms with van der Waals surface area (Å²) < 4.78 is 5.18. The molecule has 1 aromatic rings. The SMILES string of the molecule is COc1cc(CNC(C)(C)C(C)(C)O)ccc1C#N. The molecule has 4 nitrogen and oxygen atoms in total. The van der Waals surface area contributed by atoms with Gasteiger partial charge in [0.05, 0.1) is 18.3 Å². The molecule has 0 fully saturated rings. The molecule has 19 heavy (non-hydrogen) atoms. The molecule has 0 saturated heterocycles. The minimum atomic E-state index is -0.830. The molecular weight excluding hydrogens is 240 g/mol. The molecule has 0 saturated carbocycles. The highest BCUT2D eigenvalue weighted by Gasteiger charge is 2.34. The summed E-state index contributed by atoms with van der Waals surface area (Å²) in [5.41, 5.74) is 0.277. The Hall–Kier alpha value is -1.57. The van der Waals surface area contributed by atoms with E-state index in [-0.39, 0.29) is 0 Å². The summed E-state index contributed by atoms with van der Waals surface area (Å²) >= 11 is 0. The first-order chi connectivity index (χ1) is 8.71. The van der Waals surface area contributed by atoms with Crippen molar-refractivity contribution in [1.82, 2.24) is 5.32 Å². The molecule has 0 amide bonds. The Balaban J connectivity index is 2.83. The molecule has 4 heteroatoms. The van der Waals surface area contributed by atoms with Gasteiger partial charge in [-0.25, -0.2) is 0 Å². The third-order valence-corrected chi connectivity index (χ3v) is 3.65. The molecule has 0 unspecified atom stereocenters. The van der Waals surface area contributed by atoms with Gasteiger partial charge in [-0.15, -0.1) is 0 Å². The van der Waals surface area contributed by atoms with Crippen LogP contribution in [0.1, 0.15) is 38.8 Å². The van der Waals surface area contributed by atoms with Crippen molar-refractivity contribution in [3.8, 4) is 11.8 Å². The largest absolute Gasteiger partial charge is 0.495 e. The van der Waals surface area contributed by atoms with E-state index in [0.717, 1.165) is 5.56 Å². The molecule has 0 aromatic heterocycles. The number of aliphatic hydroxyl groups is 1. The first kappa shape index (κ1) is 15.5. The normalized spacial score (nSPS) is 12.1. The van der Waals surface area contributed by atoms with E-state index in [1.165, 1.54) is 0 Å². The van der Waals surface area contributed by atoms with Gasteiger partial charge in [-0.05, 0) is 45.4 Å². The summed E-state index contributed by atoms with van der Waals surface area (Å²) in [5, 5.41) is 22.3. The molecule has 1 rings (SSSR count). The van der Waals surface area contributed by atoms with Gasteiger partial charge in [-0.2, -0.15) is 5.26 Å². The molecule has 0 aliphatic heterocycles. The Morgan fingerprint density at radius 1 is 1.32 bits per heavy atom. The van der Waals surface area contributed by atoms with Crippen LogP contribution in [0.2, 0.25) is 0 Å². The number of nitriles is 1. The van der Waals surface area contributed by atoms with Crippen LogP contribution >= 0.6 is 0 Å². The van der Waals surface area contributed by atoms with Crippen molar-refractivity contribution in [3.05, 3.63) is 29.3 Å². The van der Waals surface area contributed by atoms with E-state index < -0.39 is 11.1 Å². The zero-order valence-electron chi connectivity index (χ0n) is 12.2. The zero-order valence-corrected chi connectivity index (χ0v) is 12.2. The molecule has 2 N–H and O–H groups in total. The van der Waals surface area contributed by atoms with Crippen LogP contribution in [0.25, 0.3) is 0 Å². The molecule has 0 aliphatic rings. The second-order valence-corrected chi connectivity index (χ2v) is 5.68. The summed E-state index contributed by atoms with van der Waals surface area (Å²) in [7, 11) is 1.55. The zero-order chi connectivity index (χ0) is 14.7.